The van der Waals surface area contributed by atoms with Crippen LogP contribution in [0.15, 0.2) is 24.3 Å². The van der Waals surface area contributed by atoms with Crippen molar-refractivity contribution in [1.29, 1.82) is 0 Å². The van der Waals surface area contributed by atoms with E-state index in [2.05, 4.69) is 9.97 Å². The van der Waals surface area contributed by atoms with Gasteiger partial charge in [-0.05, 0) is 25.5 Å². The van der Waals surface area contributed by atoms with E-state index in [-0.39, 0.29) is 12.2 Å². The lowest BCUT2D eigenvalue weighted by Crippen LogP contribution is -2.10. The molecule has 0 aliphatic carbocycles. The molecular formula is C15H15FN2O2. The van der Waals surface area contributed by atoms with Gasteiger partial charge in [0.2, 0.25) is 0 Å². The molecule has 0 amide bonds. The van der Waals surface area contributed by atoms with Crippen molar-refractivity contribution in [3.63, 3.8) is 0 Å². The van der Waals surface area contributed by atoms with Crippen molar-refractivity contribution < 1.29 is 14.3 Å². The minimum atomic E-state index is -0.915. The Bertz CT molecular complexity index is 633. The average molecular weight is 274 g/mol. The van der Waals surface area contributed by atoms with E-state index in [4.69, 9.17) is 5.11 Å². The molecule has 0 aliphatic heterocycles. The second-order valence-corrected chi connectivity index (χ2v) is 4.63. The lowest BCUT2D eigenvalue weighted by molar-refractivity contribution is -0.136. The van der Waals surface area contributed by atoms with Crippen LogP contribution in [0.3, 0.4) is 0 Å². The third kappa shape index (κ3) is 3.17. The molecule has 0 saturated heterocycles. The van der Waals surface area contributed by atoms with Crippen LogP contribution in [0.4, 0.5) is 4.39 Å². The van der Waals surface area contributed by atoms with Crippen molar-refractivity contribution >= 4 is 5.97 Å². The first kappa shape index (κ1) is 14.1. The highest BCUT2D eigenvalue weighted by atomic mass is 19.1. The number of halogens is 1. The number of aliphatic carboxylic acids is 1. The molecule has 0 bridgehead atoms. The zero-order valence-corrected chi connectivity index (χ0v) is 11.4. The van der Waals surface area contributed by atoms with Crippen LogP contribution in [-0.2, 0) is 17.6 Å². The predicted molar refractivity (Wildman–Crippen MR) is 72.1 cm³/mol. The number of nitrogens with zero attached hydrogens (tertiary/aromatic N) is 2. The topological polar surface area (TPSA) is 63.1 Å². The van der Waals surface area contributed by atoms with Gasteiger partial charge in [-0.2, -0.15) is 0 Å². The van der Waals surface area contributed by atoms with Gasteiger partial charge in [-0.3, -0.25) is 4.79 Å². The Labute approximate surface area is 116 Å². The third-order valence-electron chi connectivity index (χ3n) is 3.10. The largest absolute Gasteiger partial charge is 0.481 e. The molecule has 104 valence electrons. The molecule has 2 aromatic rings. The first-order valence-corrected chi connectivity index (χ1v) is 6.25. The van der Waals surface area contributed by atoms with Crippen LogP contribution in [0.25, 0.3) is 0 Å². The molecule has 4 nitrogen and oxygen atoms in total. The van der Waals surface area contributed by atoms with Crippen LogP contribution in [0.5, 0.6) is 0 Å². The Morgan fingerprint density at radius 1 is 1.20 bits per heavy atom. The van der Waals surface area contributed by atoms with Gasteiger partial charge in [0.25, 0.3) is 0 Å². The van der Waals surface area contributed by atoms with Crippen LogP contribution >= 0.6 is 0 Å². The average Bonchev–Trinajstić information content (AvgIpc) is 2.36. The smallest absolute Gasteiger partial charge is 0.307 e. The van der Waals surface area contributed by atoms with E-state index in [9.17, 15) is 9.18 Å². The zero-order valence-electron chi connectivity index (χ0n) is 11.4. The Morgan fingerprint density at radius 2 is 1.80 bits per heavy atom. The van der Waals surface area contributed by atoms with Crippen molar-refractivity contribution in [2.45, 2.75) is 26.7 Å². The van der Waals surface area contributed by atoms with Gasteiger partial charge in [-0.1, -0.05) is 18.2 Å². The molecule has 2 rings (SSSR count). The van der Waals surface area contributed by atoms with Crippen molar-refractivity contribution in [2.24, 2.45) is 0 Å². The standard InChI is InChI=1S/C15H15FN2O2/c1-9-12(8-15(19)20)10(2)18-14(17-9)7-11-5-3-4-6-13(11)16/h3-6H,7-8H2,1-2H3,(H,19,20). The summed E-state index contributed by atoms with van der Waals surface area (Å²) in [6, 6.07) is 6.48. The summed E-state index contributed by atoms with van der Waals surface area (Å²) in [5.74, 6) is -0.707. The van der Waals surface area contributed by atoms with Crippen LogP contribution in [0.1, 0.15) is 28.3 Å². The highest BCUT2D eigenvalue weighted by Gasteiger charge is 2.13. The minimum absolute atomic E-state index is 0.0996. The minimum Gasteiger partial charge on any atom is -0.481 e. The highest BCUT2D eigenvalue weighted by Crippen LogP contribution is 2.15. The lowest BCUT2D eigenvalue weighted by atomic mass is 10.1. The molecular weight excluding hydrogens is 259 g/mol. The van der Waals surface area contributed by atoms with Crippen molar-refractivity contribution in [2.75, 3.05) is 0 Å². The predicted octanol–water partition coefficient (Wildman–Crippen LogP) is 2.45. The molecule has 0 saturated carbocycles. The normalized spacial score (nSPS) is 10.6. The van der Waals surface area contributed by atoms with E-state index in [1.54, 1.807) is 32.0 Å². The van der Waals surface area contributed by atoms with Crippen LogP contribution < -0.4 is 0 Å². The fourth-order valence-corrected chi connectivity index (χ4v) is 2.11. The molecule has 1 heterocycles. The molecule has 1 aromatic heterocycles. The Morgan fingerprint density at radius 3 is 2.35 bits per heavy atom. The fourth-order valence-electron chi connectivity index (χ4n) is 2.11. The van der Waals surface area contributed by atoms with Gasteiger partial charge < -0.3 is 5.11 Å². The number of carboxylic acid groups (broad SMARTS) is 1. The van der Waals surface area contributed by atoms with Gasteiger partial charge in [0.15, 0.2) is 0 Å². The summed E-state index contributed by atoms with van der Waals surface area (Å²) in [6.45, 7) is 3.50. The van der Waals surface area contributed by atoms with Gasteiger partial charge in [0.1, 0.15) is 11.6 Å². The van der Waals surface area contributed by atoms with Crippen LogP contribution in [0, 0.1) is 19.7 Å². The van der Waals surface area contributed by atoms with E-state index in [1.807, 2.05) is 0 Å². The molecule has 0 spiro atoms. The van der Waals surface area contributed by atoms with Gasteiger partial charge in [0, 0.05) is 23.4 Å². The second kappa shape index (κ2) is 5.77. The maximum atomic E-state index is 13.6. The van der Waals surface area contributed by atoms with E-state index in [0.717, 1.165) is 0 Å². The van der Waals surface area contributed by atoms with Gasteiger partial charge in [0.05, 0.1) is 6.42 Å². The SMILES string of the molecule is Cc1nc(Cc2ccccc2F)nc(C)c1CC(=O)O. The lowest BCUT2D eigenvalue weighted by Gasteiger charge is -2.09. The second-order valence-electron chi connectivity index (χ2n) is 4.63. The first-order valence-electron chi connectivity index (χ1n) is 6.25. The van der Waals surface area contributed by atoms with E-state index in [1.165, 1.54) is 6.07 Å². The Kier molecular flexibility index (Phi) is 4.08. The fraction of sp³-hybridized carbons (Fsp3) is 0.267. The highest BCUT2D eigenvalue weighted by molar-refractivity contribution is 5.70. The number of carbonyl (C=O) groups is 1. The summed E-state index contributed by atoms with van der Waals surface area (Å²) < 4.78 is 13.6. The molecule has 0 fully saturated rings. The molecule has 0 radical (unpaired) electrons. The Hall–Kier alpha value is -2.30. The monoisotopic (exact) mass is 274 g/mol. The third-order valence-corrected chi connectivity index (χ3v) is 3.10. The summed E-state index contributed by atoms with van der Waals surface area (Å²) in [5.41, 5.74) is 2.41. The van der Waals surface area contributed by atoms with E-state index >= 15 is 0 Å². The van der Waals surface area contributed by atoms with Crippen LogP contribution in [0.2, 0.25) is 0 Å². The maximum absolute atomic E-state index is 13.6. The number of hydrogen-bond donors (Lipinski definition) is 1. The summed E-state index contributed by atoms with van der Waals surface area (Å²) in [4.78, 5) is 19.4. The van der Waals surface area contributed by atoms with E-state index < -0.39 is 5.97 Å². The van der Waals surface area contributed by atoms with Gasteiger partial charge >= 0.3 is 5.97 Å². The molecule has 5 heteroatoms. The number of benzene rings is 1. The summed E-state index contributed by atoms with van der Waals surface area (Å²) in [5, 5.41) is 8.85. The molecule has 0 aliphatic rings. The molecule has 1 aromatic carbocycles. The zero-order chi connectivity index (χ0) is 14.7. The number of aryl methyl sites for hydroxylation is 2. The van der Waals surface area contributed by atoms with Crippen LogP contribution in [-0.4, -0.2) is 21.0 Å². The summed E-state index contributed by atoms with van der Waals surface area (Å²) in [7, 11) is 0. The van der Waals surface area contributed by atoms with Crippen molar-refractivity contribution in [3.05, 3.63) is 58.4 Å². The first-order chi connectivity index (χ1) is 9.47. The van der Waals surface area contributed by atoms with Crippen molar-refractivity contribution in [1.82, 2.24) is 9.97 Å². The summed E-state index contributed by atoms with van der Waals surface area (Å²) >= 11 is 0. The number of aromatic nitrogens is 2. The number of rotatable bonds is 4. The molecule has 1 N–H and O–H groups in total. The molecule has 20 heavy (non-hydrogen) atoms. The quantitative estimate of drug-likeness (QED) is 0.930. The van der Waals surface area contributed by atoms with Crippen molar-refractivity contribution in [3.8, 4) is 0 Å². The van der Waals surface area contributed by atoms with Gasteiger partial charge in [-0.15, -0.1) is 0 Å². The molecule has 0 atom stereocenters. The molecule has 0 unspecified atom stereocenters. The number of hydrogen-bond acceptors (Lipinski definition) is 3. The Balaban J connectivity index is 2.31. The summed E-state index contributed by atoms with van der Waals surface area (Å²) in [6.07, 6.45) is 0.194. The van der Waals surface area contributed by atoms with E-state index in [0.29, 0.717) is 34.8 Å². The van der Waals surface area contributed by atoms with Gasteiger partial charge in [-0.25, -0.2) is 14.4 Å². The maximum Gasteiger partial charge on any atom is 0.307 e. The number of carboxylic acids is 1.